The summed E-state index contributed by atoms with van der Waals surface area (Å²) >= 11 is 0. The summed E-state index contributed by atoms with van der Waals surface area (Å²) in [5.41, 5.74) is 3.60. The molecule has 3 aromatic rings. The highest BCUT2D eigenvalue weighted by atomic mass is 16.3. The number of ketones is 1. The fourth-order valence-corrected chi connectivity index (χ4v) is 1.95. The highest BCUT2D eigenvalue weighted by Gasteiger charge is 2.10. The minimum Gasteiger partial charge on any atom is -0.443 e. The van der Waals surface area contributed by atoms with Gasteiger partial charge in [-0.1, -0.05) is 0 Å². The Morgan fingerprint density at radius 1 is 1.11 bits per heavy atom. The smallest absolute Gasteiger partial charge is 0.193 e. The standard InChI is InChI=1S/C15H12N2O2/c1-16-12-5-2-10(3-6-12)15(18)11-4-7-13-14(8-11)19-9-17-13/h2-9,16H,1H3. The van der Waals surface area contributed by atoms with Gasteiger partial charge in [-0.3, -0.25) is 4.79 Å². The van der Waals surface area contributed by atoms with Gasteiger partial charge in [0.2, 0.25) is 0 Å². The highest BCUT2D eigenvalue weighted by molar-refractivity contribution is 6.10. The van der Waals surface area contributed by atoms with Gasteiger partial charge in [0.25, 0.3) is 0 Å². The first-order chi connectivity index (χ1) is 9.28. The first-order valence-corrected chi connectivity index (χ1v) is 5.94. The zero-order valence-corrected chi connectivity index (χ0v) is 10.4. The first-order valence-electron chi connectivity index (χ1n) is 5.94. The van der Waals surface area contributed by atoms with E-state index in [1.807, 2.05) is 19.2 Å². The molecule has 0 aliphatic heterocycles. The molecule has 0 aliphatic rings. The minimum absolute atomic E-state index is 0.0269. The molecule has 0 fully saturated rings. The van der Waals surface area contributed by atoms with Gasteiger partial charge in [0.15, 0.2) is 17.8 Å². The monoisotopic (exact) mass is 252 g/mol. The lowest BCUT2D eigenvalue weighted by Crippen LogP contribution is -2.01. The first kappa shape index (κ1) is 11.5. The van der Waals surface area contributed by atoms with E-state index in [1.54, 1.807) is 30.3 Å². The van der Waals surface area contributed by atoms with Crippen LogP contribution in [0.5, 0.6) is 0 Å². The number of hydrogen-bond donors (Lipinski definition) is 1. The van der Waals surface area contributed by atoms with Crippen molar-refractivity contribution in [1.82, 2.24) is 4.98 Å². The predicted molar refractivity (Wildman–Crippen MR) is 73.4 cm³/mol. The largest absolute Gasteiger partial charge is 0.443 e. The van der Waals surface area contributed by atoms with Gasteiger partial charge >= 0.3 is 0 Å². The zero-order chi connectivity index (χ0) is 13.2. The molecule has 0 saturated carbocycles. The van der Waals surface area contributed by atoms with E-state index in [2.05, 4.69) is 10.3 Å². The number of oxazole rings is 1. The second kappa shape index (κ2) is 4.57. The Morgan fingerprint density at radius 2 is 1.84 bits per heavy atom. The highest BCUT2D eigenvalue weighted by Crippen LogP contribution is 2.18. The van der Waals surface area contributed by atoms with Crippen LogP contribution in [0.4, 0.5) is 5.69 Å². The van der Waals surface area contributed by atoms with Crippen molar-refractivity contribution in [2.45, 2.75) is 0 Å². The quantitative estimate of drug-likeness (QED) is 0.728. The number of rotatable bonds is 3. The molecule has 0 aliphatic carbocycles. The Morgan fingerprint density at radius 3 is 2.58 bits per heavy atom. The predicted octanol–water partition coefficient (Wildman–Crippen LogP) is 3.10. The van der Waals surface area contributed by atoms with Gasteiger partial charge in [-0.15, -0.1) is 0 Å². The summed E-state index contributed by atoms with van der Waals surface area (Å²) in [6.45, 7) is 0. The average Bonchev–Trinajstić information content (AvgIpc) is 2.94. The van der Waals surface area contributed by atoms with Crippen LogP contribution in [0.25, 0.3) is 11.1 Å². The fraction of sp³-hybridized carbons (Fsp3) is 0.0667. The lowest BCUT2D eigenvalue weighted by Gasteiger charge is -2.03. The Kier molecular flexibility index (Phi) is 2.76. The van der Waals surface area contributed by atoms with E-state index in [0.717, 1.165) is 11.2 Å². The summed E-state index contributed by atoms with van der Waals surface area (Å²) in [5, 5.41) is 3.02. The topological polar surface area (TPSA) is 55.1 Å². The Balaban J connectivity index is 1.97. The second-order valence-corrected chi connectivity index (χ2v) is 4.19. The van der Waals surface area contributed by atoms with Gasteiger partial charge < -0.3 is 9.73 Å². The van der Waals surface area contributed by atoms with Crippen LogP contribution in [0.15, 0.2) is 53.3 Å². The summed E-state index contributed by atoms with van der Waals surface area (Å²) in [4.78, 5) is 16.4. The maximum absolute atomic E-state index is 12.3. The van der Waals surface area contributed by atoms with Gasteiger partial charge in [0.1, 0.15) is 5.52 Å². The van der Waals surface area contributed by atoms with Crippen molar-refractivity contribution in [3.05, 3.63) is 60.0 Å². The van der Waals surface area contributed by atoms with Crippen molar-refractivity contribution >= 4 is 22.6 Å². The van der Waals surface area contributed by atoms with Crippen LogP contribution in [-0.2, 0) is 0 Å². The van der Waals surface area contributed by atoms with Gasteiger partial charge in [0.05, 0.1) is 0 Å². The Bertz CT molecular complexity index is 729. The van der Waals surface area contributed by atoms with Crippen molar-refractivity contribution in [1.29, 1.82) is 0 Å². The molecule has 19 heavy (non-hydrogen) atoms. The molecule has 1 aromatic heterocycles. The van der Waals surface area contributed by atoms with E-state index < -0.39 is 0 Å². The summed E-state index contributed by atoms with van der Waals surface area (Å²) in [6, 6.07) is 12.6. The molecule has 1 heterocycles. The Hall–Kier alpha value is -2.62. The lowest BCUT2D eigenvalue weighted by molar-refractivity contribution is 0.103. The van der Waals surface area contributed by atoms with Crippen LogP contribution < -0.4 is 5.32 Å². The Labute approximate surface area is 110 Å². The molecule has 0 radical (unpaired) electrons. The van der Waals surface area contributed by atoms with Crippen LogP contribution in [-0.4, -0.2) is 17.8 Å². The number of carbonyl (C=O) groups excluding carboxylic acids is 1. The van der Waals surface area contributed by atoms with Crippen molar-refractivity contribution in [2.24, 2.45) is 0 Å². The second-order valence-electron chi connectivity index (χ2n) is 4.19. The van der Waals surface area contributed by atoms with E-state index in [-0.39, 0.29) is 5.78 Å². The molecule has 1 N–H and O–H groups in total. The molecule has 0 amide bonds. The number of carbonyl (C=O) groups is 1. The number of hydrogen-bond acceptors (Lipinski definition) is 4. The molecule has 94 valence electrons. The number of fused-ring (bicyclic) bond motifs is 1. The third-order valence-corrected chi connectivity index (χ3v) is 3.03. The summed E-state index contributed by atoms with van der Waals surface area (Å²) in [6.07, 6.45) is 1.38. The average molecular weight is 252 g/mol. The van der Waals surface area contributed by atoms with Crippen LogP contribution in [0.1, 0.15) is 15.9 Å². The number of benzene rings is 2. The van der Waals surface area contributed by atoms with Crippen molar-refractivity contribution in [3.8, 4) is 0 Å². The molecule has 0 bridgehead atoms. The number of aromatic nitrogens is 1. The van der Waals surface area contributed by atoms with Crippen molar-refractivity contribution in [2.75, 3.05) is 12.4 Å². The van der Waals surface area contributed by atoms with Crippen LogP contribution in [0, 0.1) is 0 Å². The molecule has 0 spiro atoms. The lowest BCUT2D eigenvalue weighted by atomic mass is 10.0. The zero-order valence-electron chi connectivity index (χ0n) is 10.4. The van der Waals surface area contributed by atoms with E-state index in [1.165, 1.54) is 6.39 Å². The number of anilines is 1. The van der Waals surface area contributed by atoms with Crippen LogP contribution in [0.2, 0.25) is 0 Å². The third kappa shape index (κ3) is 2.08. The summed E-state index contributed by atoms with van der Waals surface area (Å²) < 4.78 is 5.21. The number of nitrogens with zero attached hydrogens (tertiary/aromatic N) is 1. The van der Waals surface area contributed by atoms with E-state index in [9.17, 15) is 4.79 Å². The maximum atomic E-state index is 12.3. The third-order valence-electron chi connectivity index (χ3n) is 3.03. The van der Waals surface area contributed by atoms with Crippen molar-refractivity contribution < 1.29 is 9.21 Å². The summed E-state index contributed by atoms with van der Waals surface area (Å²) in [5.74, 6) is -0.0269. The van der Waals surface area contributed by atoms with Gasteiger partial charge in [-0.25, -0.2) is 4.98 Å². The van der Waals surface area contributed by atoms with E-state index >= 15 is 0 Å². The fourth-order valence-electron chi connectivity index (χ4n) is 1.95. The minimum atomic E-state index is -0.0269. The molecule has 3 rings (SSSR count). The van der Waals surface area contributed by atoms with E-state index in [0.29, 0.717) is 16.7 Å². The molecule has 0 saturated heterocycles. The summed E-state index contributed by atoms with van der Waals surface area (Å²) in [7, 11) is 1.84. The molecule has 0 unspecified atom stereocenters. The molecule has 4 heteroatoms. The van der Waals surface area contributed by atoms with Crippen LogP contribution >= 0.6 is 0 Å². The SMILES string of the molecule is CNc1ccc(C(=O)c2ccc3ncoc3c2)cc1. The molecule has 4 nitrogen and oxygen atoms in total. The van der Waals surface area contributed by atoms with Crippen LogP contribution in [0.3, 0.4) is 0 Å². The molecule has 0 atom stereocenters. The van der Waals surface area contributed by atoms with Gasteiger partial charge in [0, 0.05) is 23.9 Å². The van der Waals surface area contributed by atoms with E-state index in [4.69, 9.17) is 4.42 Å². The maximum Gasteiger partial charge on any atom is 0.193 e. The van der Waals surface area contributed by atoms with Gasteiger partial charge in [-0.2, -0.15) is 0 Å². The number of nitrogens with one attached hydrogen (secondary N) is 1. The molecular formula is C15H12N2O2. The molecule has 2 aromatic carbocycles. The van der Waals surface area contributed by atoms with Crippen molar-refractivity contribution in [3.63, 3.8) is 0 Å². The van der Waals surface area contributed by atoms with Gasteiger partial charge in [-0.05, 0) is 42.5 Å². The normalized spacial score (nSPS) is 10.6. The molecular weight excluding hydrogens is 240 g/mol.